The van der Waals surface area contributed by atoms with Gasteiger partial charge >= 0.3 is 0 Å². The zero-order valence-corrected chi connectivity index (χ0v) is 13.1. The van der Waals surface area contributed by atoms with Gasteiger partial charge < -0.3 is 10.5 Å². The number of hydrogen-bond acceptors (Lipinski definition) is 4. The molecular weight excluding hydrogens is 312 g/mol. The minimum atomic E-state index is 0.530. The van der Waals surface area contributed by atoms with Gasteiger partial charge in [0.25, 0.3) is 0 Å². The molecule has 1 aliphatic rings. The molecule has 0 unspecified atom stereocenters. The van der Waals surface area contributed by atoms with E-state index in [2.05, 4.69) is 10.1 Å². The SMILES string of the molecule is Nc1cc(-c2ccc(Cl)cc2)cc2nc(C3=CCCCO3)nn12. The van der Waals surface area contributed by atoms with Crippen LogP contribution in [0.3, 0.4) is 0 Å². The Morgan fingerprint density at radius 1 is 1.13 bits per heavy atom. The van der Waals surface area contributed by atoms with Crippen molar-refractivity contribution in [2.75, 3.05) is 12.3 Å². The predicted molar refractivity (Wildman–Crippen MR) is 91.0 cm³/mol. The number of allylic oxidation sites excluding steroid dienone is 1. The Balaban J connectivity index is 1.80. The molecule has 0 radical (unpaired) electrons. The lowest BCUT2D eigenvalue weighted by Gasteiger charge is -2.11. The summed E-state index contributed by atoms with van der Waals surface area (Å²) in [5.74, 6) is 1.83. The van der Waals surface area contributed by atoms with E-state index >= 15 is 0 Å². The maximum absolute atomic E-state index is 6.14. The van der Waals surface area contributed by atoms with Crippen LogP contribution in [0.25, 0.3) is 22.5 Å². The lowest BCUT2D eigenvalue weighted by molar-refractivity contribution is 0.256. The van der Waals surface area contributed by atoms with Gasteiger partial charge in [0, 0.05) is 5.02 Å². The number of fused-ring (bicyclic) bond motifs is 1. The third kappa shape index (κ3) is 2.64. The van der Waals surface area contributed by atoms with Crippen molar-refractivity contribution >= 4 is 28.8 Å². The zero-order valence-electron chi connectivity index (χ0n) is 12.4. The van der Waals surface area contributed by atoms with Crippen LogP contribution in [0.2, 0.25) is 5.02 Å². The summed E-state index contributed by atoms with van der Waals surface area (Å²) in [6, 6.07) is 11.5. The topological polar surface area (TPSA) is 65.4 Å². The maximum Gasteiger partial charge on any atom is 0.217 e. The molecule has 0 amide bonds. The first-order valence-corrected chi connectivity index (χ1v) is 7.84. The Morgan fingerprint density at radius 3 is 2.70 bits per heavy atom. The highest BCUT2D eigenvalue weighted by atomic mass is 35.5. The van der Waals surface area contributed by atoms with Crippen LogP contribution in [0, 0.1) is 0 Å². The third-order valence-electron chi connectivity index (χ3n) is 3.80. The quantitative estimate of drug-likeness (QED) is 0.778. The fraction of sp³-hybridized carbons (Fsp3) is 0.176. The predicted octanol–water partition coefficient (Wildman–Crippen LogP) is 3.78. The molecule has 5 nitrogen and oxygen atoms in total. The summed E-state index contributed by atoms with van der Waals surface area (Å²) in [6.45, 7) is 0.701. The molecule has 4 rings (SSSR count). The first kappa shape index (κ1) is 14.1. The van der Waals surface area contributed by atoms with E-state index in [1.165, 1.54) is 0 Å². The van der Waals surface area contributed by atoms with E-state index in [9.17, 15) is 0 Å². The number of pyridine rings is 1. The molecule has 1 aliphatic heterocycles. The minimum absolute atomic E-state index is 0.530. The van der Waals surface area contributed by atoms with Gasteiger partial charge in [-0.05, 0) is 54.3 Å². The van der Waals surface area contributed by atoms with Crippen molar-refractivity contribution in [3.05, 3.63) is 53.3 Å². The molecular formula is C17H15ClN4O. The molecule has 2 N–H and O–H groups in total. The summed E-state index contributed by atoms with van der Waals surface area (Å²) in [5.41, 5.74) is 8.84. The molecule has 0 saturated carbocycles. The van der Waals surface area contributed by atoms with Gasteiger partial charge in [-0.2, -0.15) is 4.52 Å². The van der Waals surface area contributed by atoms with Gasteiger partial charge in [-0.1, -0.05) is 23.7 Å². The number of nitrogens with two attached hydrogens (primary N) is 1. The highest BCUT2D eigenvalue weighted by Gasteiger charge is 2.15. The molecule has 0 bridgehead atoms. The van der Waals surface area contributed by atoms with E-state index in [1.807, 2.05) is 42.5 Å². The van der Waals surface area contributed by atoms with Gasteiger partial charge in [0.2, 0.25) is 5.82 Å². The standard InChI is InChI=1S/C17H15ClN4O/c18-13-6-4-11(5-7-13)12-9-15(19)22-16(10-12)20-17(21-22)14-3-1-2-8-23-14/h3-7,9-10H,1-2,8,19H2. The van der Waals surface area contributed by atoms with E-state index in [0.29, 0.717) is 28.9 Å². The summed E-state index contributed by atoms with van der Waals surface area (Å²) >= 11 is 5.94. The average molecular weight is 327 g/mol. The molecule has 0 atom stereocenters. The maximum atomic E-state index is 6.14. The Labute approximate surface area is 138 Å². The molecule has 0 fully saturated rings. The van der Waals surface area contributed by atoms with Crippen LogP contribution in [-0.2, 0) is 4.74 Å². The van der Waals surface area contributed by atoms with Crippen LogP contribution in [0.15, 0.2) is 42.5 Å². The summed E-state index contributed by atoms with van der Waals surface area (Å²) in [5, 5.41) is 5.15. The zero-order chi connectivity index (χ0) is 15.8. The largest absolute Gasteiger partial charge is 0.490 e. The van der Waals surface area contributed by atoms with Crippen LogP contribution >= 0.6 is 11.6 Å². The first-order chi connectivity index (χ1) is 11.2. The van der Waals surface area contributed by atoms with E-state index in [0.717, 1.165) is 29.7 Å². The van der Waals surface area contributed by atoms with Crippen LogP contribution in [0.4, 0.5) is 5.82 Å². The Kier molecular flexibility index (Phi) is 3.42. The van der Waals surface area contributed by atoms with Crippen LogP contribution in [-0.4, -0.2) is 21.2 Å². The van der Waals surface area contributed by atoms with Crippen LogP contribution < -0.4 is 5.73 Å². The number of halogens is 1. The van der Waals surface area contributed by atoms with Crippen molar-refractivity contribution in [2.45, 2.75) is 12.8 Å². The fourth-order valence-corrected chi connectivity index (χ4v) is 2.76. The lowest BCUT2D eigenvalue weighted by atomic mass is 10.1. The summed E-state index contributed by atoms with van der Waals surface area (Å²) in [6.07, 6.45) is 4.03. The molecule has 2 aromatic heterocycles. The Bertz CT molecular complexity index is 899. The molecule has 23 heavy (non-hydrogen) atoms. The van der Waals surface area contributed by atoms with E-state index in [1.54, 1.807) is 4.52 Å². The molecule has 0 saturated heterocycles. The van der Waals surface area contributed by atoms with Gasteiger partial charge in [-0.25, -0.2) is 4.98 Å². The number of nitrogen functional groups attached to an aromatic ring is 1. The van der Waals surface area contributed by atoms with Crippen molar-refractivity contribution in [3.8, 4) is 11.1 Å². The molecule has 116 valence electrons. The van der Waals surface area contributed by atoms with Gasteiger partial charge in [0.05, 0.1) is 6.61 Å². The summed E-state index contributed by atoms with van der Waals surface area (Å²) in [4.78, 5) is 4.55. The summed E-state index contributed by atoms with van der Waals surface area (Å²) in [7, 11) is 0. The number of ether oxygens (including phenoxy) is 1. The second kappa shape index (κ2) is 5.59. The van der Waals surface area contributed by atoms with Crippen molar-refractivity contribution in [1.82, 2.24) is 14.6 Å². The van der Waals surface area contributed by atoms with Crippen molar-refractivity contribution in [2.24, 2.45) is 0 Å². The van der Waals surface area contributed by atoms with Gasteiger partial charge in [0.1, 0.15) is 5.82 Å². The molecule has 1 aromatic carbocycles. The van der Waals surface area contributed by atoms with Crippen LogP contribution in [0.5, 0.6) is 0 Å². The number of benzene rings is 1. The van der Waals surface area contributed by atoms with E-state index in [-0.39, 0.29) is 0 Å². The van der Waals surface area contributed by atoms with Gasteiger partial charge in [-0.3, -0.25) is 0 Å². The number of nitrogens with zero attached hydrogens (tertiary/aromatic N) is 3. The minimum Gasteiger partial charge on any atom is -0.490 e. The monoisotopic (exact) mass is 326 g/mol. The molecule has 3 aromatic rings. The van der Waals surface area contributed by atoms with Gasteiger partial charge in [-0.15, -0.1) is 5.10 Å². The third-order valence-corrected chi connectivity index (χ3v) is 4.05. The van der Waals surface area contributed by atoms with Crippen molar-refractivity contribution < 1.29 is 4.74 Å². The van der Waals surface area contributed by atoms with Gasteiger partial charge in [0.15, 0.2) is 11.4 Å². The smallest absolute Gasteiger partial charge is 0.217 e. The second-order valence-electron chi connectivity index (χ2n) is 5.44. The molecule has 0 aliphatic carbocycles. The molecule has 6 heteroatoms. The second-order valence-corrected chi connectivity index (χ2v) is 5.88. The molecule has 3 heterocycles. The van der Waals surface area contributed by atoms with Crippen molar-refractivity contribution in [3.63, 3.8) is 0 Å². The fourth-order valence-electron chi connectivity index (χ4n) is 2.64. The number of anilines is 1. The van der Waals surface area contributed by atoms with E-state index in [4.69, 9.17) is 22.1 Å². The Morgan fingerprint density at radius 2 is 1.96 bits per heavy atom. The number of aromatic nitrogens is 3. The summed E-state index contributed by atoms with van der Waals surface area (Å²) < 4.78 is 7.26. The average Bonchev–Trinajstić information content (AvgIpc) is 3.01. The highest BCUT2D eigenvalue weighted by molar-refractivity contribution is 6.30. The first-order valence-electron chi connectivity index (χ1n) is 7.46. The van der Waals surface area contributed by atoms with E-state index < -0.39 is 0 Å². The lowest BCUT2D eigenvalue weighted by Crippen LogP contribution is -2.02. The highest BCUT2D eigenvalue weighted by Crippen LogP contribution is 2.26. The van der Waals surface area contributed by atoms with Crippen molar-refractivity contribution in [1.29, 1.82) is 0 Å². The number of rotatable bonds is 2. The van der Waals surface area contributed by atoms with Crippen LogP contribution in [0.1, 0.15) is 18.7 Å². The number of hydrogen-bond donors (Lipinski definition) is 1. The molecule has 0 spiro atoms. The Hall–Kier alpha value is -2.53. The normalized spacial score (nSPS) is 14.6.